The highest BCUT2D eigenvalue weighted by Gasteiger charge is 2.46. The first kappa shape index (κ1) is 16.7. The zero-order valence-corrected chi connectivity index (χ0v) is 14.6. The minimum absolute atomic E-state index is 0.345. The molecule has 0 atom stereocenters. The fourth-order valence-corrected chi connectivity index (χ4v) is 2.41. The van der Waals surface area contributed by atoms with Gasteiger partial charge >= 0.3 is 5.97 Å². The summed E-state index contributed by atoms with van der Waals surface area (Å²) in [4.78, 5) is 11.5. The van der Waals surface area contributed by atoms with Gasteiger partial charge in [-0.05, 0) is 31.0 Å². The van der Waals surface area contributed by atoms with Crippen LogP contribution in [0.2, 0.25) is 0 Å². The van der Waals surface area contributed by atoms with Crippen molar-refractivity contribution in [3.63, 3.8) is 0 Å². The van der Waals surface area contributed by atoms with Gasteiger partial charge in [0, 0.05) is 0 Å². The third-order valence-electron chi connectivity index (χ3n) is 3.11. The van der Waals surface area contributed by atoms with E-state index >= 15 is 0 Å². The van der Waals surface area contributed by atoms with Crippen LogP contribution < -0.4 is 9.47 Å². The Hall–Kier alpha value is -0.710. The van der Waals surface area contributed by atoms with Gasteiger partial charge in [-0.1, -0.05) is 0 Å². The van der Waals surface area contributed by atoms with Crippen LogP contribution in [0, 0.1) is 0 Å². The highest BCUT2D eigenvalue weighted by atomic mass is 127. The van der Waals surface area contributed by atoms with E-state index in [-0.39, 0.29) is 5.60 Å². The summed E-state index contributed by atoms with van der Waals surface area (Å²) in [5, 5.41) is 0. The number of esters is 1. The quantitative estimate of drug-likeness (QED) is 0.274. The summed E-state index contributed by atoms with van der Waals surface area (Å²) in [5.41, 5.74) is 0.0686. The van der Waals surface area contributed by atoms with Crippen molar-refractivity contribution < 1.29 is 25.7 Å². The summed E-state index contributed by atoms with van der Waals surface area (Å²) >= 11 is 2.66. The van der Waals surface area contributed by atoms with Crippen LogP contribution in [0.25, 0.3) is 0 Å². The second-order valence-corrected chi connectivity index (χ2v) is 6.11. The molecule has 1 aromatic rings. The van der Waals surface area contributed by atoms with Gasteiger partial charge in [0.15, 0.2) is 23.8 Å². The SMILES string of the molecule is COC(=O)c1ccc(OC2(COSOI)CC2)c(OC)c1. The number of hydrogen-bond acceptors (Lipinski definition) is 7. The van der Waals surface area contributed by atoms with E-state index in [1.54, 1.807) is 41.2 Å². The number of ether oxygens (including phenoxy) is 3. The molecule has 2 rings (SSSR count). The molecule has 0 saturated heterocycles. The molecule has 1 fully saturated rings. The lowest BCUT2D eigenvalue weighted by Gasteiger charge is -2.19. The molecule has 0 heterocycles. The Morgan fingerprint density at radius 2 is 2.10 bits per heavy atom. The third-order valence-corrected chi connectivity index (χ3v) is 3.82. The lowest BCUT2D eigenvalue weighted by molar-refractivity contribution is 0.0600. The summed E-state index contributed by atoms with van der Waals surface area (Å²) in [6, 6.07) is 4.94. The second kappa shape index (κ2) is 7.52. The number of methoxy groups -OCH3 is 2. The molecular weight excluding hydrogens is 411 g/mol. The molecule has 0 unspecified atom stereocenters. The molecule has 0 N–H and O–H groups in total. The van der Waals surface area contributed by atoms with Gasteiger partial charge in [-0.2, -0.15) is 0 Å². The predicted molar refractivity (Wildman–Crippen MR) is 85.6 cm³/mol. The van der Waals surface area contributed by atoms with Gasteiger partial charge in [0.1, 0.15) is 35.2 Å². The van der Waals surface area contributed by atoms with Crippen LogP contribution in [0.3, 0.4) is 0 Å². The minimum atomic E-state index is -0.417. The van der Waals surface area contributed by atoms with Crippen molar-refractivity contribution in [3.05, 3.63) is 23.8 Å². The number of rotatable bonds is 8. The maximum atomic E-state index is 11.5. The van der Waals surface area contributed by atoms with E-state index in [1.807, 2.05) is 0 Å². The number of benzene rings is 1. The van der Waals surface area contributed by atoms with Gasteiger partial charge in [0.05, 0.1) is 19.8 Å². The topological polar surface area (TPSA) is 63.2 Å². The van der Waals surface area contributed by atoms with E-state index in [1.165, 1.54) is 14.2 Å². The number of carbonyl (C=O) groups excluding carboxylic acids is 1. The first-order valence-corrected chi connectivity index (χ1v) is 7.71. The van der Waals surface area contributed by atoms with Crippen molar-refractivity contribution in [2.24, 2.45) is 0 Å². The molecule has 1 aliphatic carbocycles. The van der Waals surface area contributed by atoms with E-state index in [0.717, 1.165) is 25.2 Å². The zero-order chi connectivity index (χ0) is 15.3. The molecule has 0 amide bonds. The first-order chi connectivity index (χ1) is 10.1. The lowest BCUT2D eigenvalue weighted by Crippen LogP contribution is -2.24. The second-order valence-electron chi connectivity index (χ2n) is 4.54. The number of halogens is 1. The monoisotopic (exact) mass is 426 g/mol. The van der Waals surface area contributed by atoms with Gasteiger partial charge in [-0.25, -0.2) is 7.31 Å². The Labute approximate surface area is 141 Å². The van der Waals surface area contributed by atoms with E-state index in [4.69, 9.17) is 16.2 Å². The van der Waals surface area contributed by atoms with Crippen LogP contribution in [0.15, 0.2) is 18.2 Å². The average molecular weight is 426 g/mol. The molecule has 0 aromatic heterocycles. The molecule has 21 heavy (non-hydrogen) atoms. The van der Waals surface area contributed by atoms with Crippen molar-refractivity contribution in [1.82, 2.24) is 0 Å². The molecule has 1 aliphatic rings. The molecule has 0 aliphatic heterocycles. The van der Waals surface area contributed by atoms with Crippen LogP contribution in [0.5, 0.6) is 11.5 Å². The molecule has 0 radical (unpaired) electrons. The number of hydrogen-bond donors (Lipinski definition) is 0. The average Bonchev–Trinajstić information content (AvgIpc) is 3.27. The van der Waals surface area contributed by atoms with Gasteiger partial charge in [0.25, 0.3) is 0 Å². The summed E-state index contributed by atoms with van der Waals surface area (Å²) in [6.07, 6.45) is 1.80. The zero-order valence-electron chi connectivity index (χ0n) is 11.6. The molecule has 8 heteroatoms. The summed E-state index contributed by atoms with van der Waals surface area (Å²) < 4.78 is 26.0. The van der Waals surface area contributed by atoms with Crippen molar-refractivity contribution >= 4 is 41.3 Å². The fourth-order valence-electron chi connectivity index (χ4n) is 1.79. The van der Waals surface area contributed by atoms with Gasteiger partial charge in [-0.15, -0.1) is 0 Å². The van der Waals surface area contributed by atoms with Crippen LogP contribution in [0.4, 0.5) is 0 Å². The molecule has 116 valence electrons. The van der Waals surface area contributed by atoms with Gasteiger partial charge < -0.3 is 14.2 Å². The van der Waals surface area contributed by atoms with Crippen LogP contribution in [0.1, 0.15) is 23.2 Å². The Morgan fingerprint density at radius 1 is 1.33 bits per heavy atom. The van der Waals surface area contributed by atoms with Crippen molar-refractivity contribution in [3.8, 4) is 11.5 Å². The standard InChI is InChI=1S/C13H15IO6S/c1-16-11-7-9(12(15)17-2)3-4-10(11)19-13(5-6-13)8-18-21-20-14/h3-4,7H,5-6,8H2,1-2H3. The normalized spacial score (nSPS) is 15.4. The van der Waals surface area contributed by atoms with E-state index in [9.17, 15) is 4.79 Å². The first-order valence-electron chi connectivity index (χ1n) is 6.16. The summed E-state index contributed by atoms with van der Waals surface area (Å²) in [6.45, 7) is 0.419. The molecule has 6 nitrogen and oxygen atoms in total. The molecule has 1 aromatic carbocycles. The van der Waals surface area contributed by atoms with Crippen molar-refractivity contribution in [2.45, 2.75) is 18.4 Å². The predicted octanol–water partition coefficient (Wildman–Crippen LogP) is 3.34. The largest absolute Gasteiger partial charge is 0.493 e. The van der Waals surface area contributed by atoms with Gasteiger partial charge in [-0.3, -0.25) is 4.18 Å². The maximum Gasteiger partial charge on any atom is 0.337 e. The maximum absolute atomic E-state index is 11.5. The smallest absolute Gasteiger partial charge is 0.337 e. The highest BCUT2D eigenvalue weighted by Crippen LogP contribution is 2.44. The lowest BCUT2D eigenvalue weighted by atomic mass is 10.2. The summed E-state index contributed by atoms with van der Waals surface area (Å²) in [7, 11) is 2.86. The molecule has 0 spiro atoms. The van der Waals surface area contributed by atoms with Crippen LogP contribution >= 0.6 is 35.3 Å². The Bertz CT molecular complexity index is 505. The van der Waals surface area contributed by atoms with Crippen molar-refractivity contribution in [2.75, 3.05) is 20.8 Å². The molecule has 0 bridgehead atoms. The van der Waals surface area contributed by atoms with Crippen LogP contribution in [-0.2, 0) is 11.4 Å². The van der Waals surface area contributed by atoms with Crippen molar-refractivity contribution in [1.29, 1.82) is 0 Å². The fraction of sp³-hybridized carbons (Fsp3) is 0.462. The Balaban J connectivity index is 2.07. The van der Waals surface area contributed by atoms with Crippen LogP contribution in [-0.4, -0.2) is 32.4 Å². The molecular formula is C13H15IO6S. The third kappa shape index (κ3) is 4.38. The summed E-state index contributed by atoms with van der Waals surface area (Å²) in [5.74, 6) is 0.647. The van der Waals surface area contributed by atoms with Gasteiger partial charge in [0.2, 0.25) is 0 Å². The van der Waals surface area contributed by atoms with E-state index in [0.29, 0.717) is 23.7 Å². The van der Waals surface area contributed by atoms with E-state index in [2.05, 4.69) is 4.74 Å². The molecule has 1 saturated carbocycles. The minimum Gasteiger partial charge on any atom is -0.493 e. The Kier molecular flexibility index (Phi) is 5.97. The number of carbonyl (C=O) groups is 1. The van der Waals surface area contributed by atoms with E-state index < -0.39 is 5.97 Å². The Morgan fingerprint density at radius 3 is 2.67 bits per heavy atom. The highest BCUT2D eigenvalue weighted by molar-refractivity contribution is 14.1.